The second-order valence-corrected chi connectivity index (χ2v) is 8.24. The smallest absolute Gasteiger partial charge is 0.285 e. The summed E-state index contributed by atoms with van der Waals surface area (Å²) in [5, 5.41) is 2.79. The van der Waals surface area contributed by atoms with Crippen LogP contribution in [-0.2, 0) is 14.8 Å². The molecule has 1 atom stereocenters. The predicted octanol–water partition coefficient (Wildman–Crippen LogP) is 2.63. The Morgan fingerprint density at radius 3 is 2.67 bits per heavy atom. The van der Waals surface area contributed by atoms with E-state index in [9.17, 15) is 17.6 Å². The molecule has 0 aromatic heterocycles. The number of likely N-dealkylation sites (tertiary alicyclic amines) is 1. The maximum absolute atomic E-state index is 13.0. The molecule has 0 bridgehead atoms. The van der Waals surface area contributed by atoms with Gasteiger partial charge in [-0.25, -0.2) is 4.39 Å². The molecule has 0 unspecified atom stereocenters. The van der Waals surface area contributed by atoms with E-state index in [0.717, 1.165) is 6.42 Å². The number of nitrogens with one attached hydrogen (secondary N) is 1. The average molecular weight is 387 g/mol. The number of sulfonamides is 1. The first-order valence-electron chi connectivity index (χ1n) is 8.70. The van der Waals surface area contributed by atoms with E-state index >= 15 is 0 Å². The third-order valence-corrected chi connectivity index (χ3v) is 6.14. The van der Waals surface area contributed by atoms with Crippen LogP contribution in [0.5, 0.6) is 0 Å². The lowest BCUT2D eigenvalue weighted by atomic mass is 9.96. The normalized spacial score (nSPS) is 20.7. The van der Waals surface area contributed by atoms with Crippen molar-refractivity contribution < 1.29 is 17.6 Å². The minimum Gasteiger partial charge on any atom is -0.355 e. The van der Waals surface area contributed by atoms with Gasteiger partial charge in [-0.1, -0.05) is 12.1 Å². The van der Waals surface area contributed by atoms with Gasteiger partial charge in [0, 0.05) is 24.3 Å². The number of benzene rings is 2. The Balaban J connectivity index is 1.52. The van der Waals surface area contributed by atoms with E-state index in [2.05, 4.69) is 9.71 Å². The first-order valence-corrected chi connectivity index (χ1v) is 10.1. The molecule has 2 heterocycles. The molecule has 1 fully saturated rings. The number of carbonyl (C=O) groups is 1. The Bertz CT molecular complexity index is 1020. The molecule has 2 aliphatic heterocycles. The number of rotatable bonds is 2. The van der Waals surface area contributed by atoms with Crippen LogP contribution in [0.2, 0.25) is 0 Å². The number of fused-ring (bicyclic) bond motifs is 1. The van der Waals surface area contributed by atoms with E-state index in [1.165, 1.54) is 24.3 Å². The molecule has 2 aromatic carbocycles. The lowest BCUT2D eigenvalue weighted by Crippen LogP contribution is -2.43. The molecule has 0 radical (unpaired) electrons. The molecule has 1 saturated heterocycles. The van der Waals surface area contributed by atoms with Gasteiger partial charge in [-0.2, -0.15) is 8.42 Å². The zero-order valence-corrected chi connectivity index (χ0v) is 15.2. The maximum Gasteiger partial charge on any atom is 0.285 e. The zero-order valence-electron chi connectivity index (χ0n) is 14.4. The number of nitrogens with zero attached hydrogens (tertiary/aromatic N) is 2. The molecule has 2 aliphatic rings. The summed E-state index contributed by atoms with van der Waals surface area (Å²) in [6.07, 6.45) is 1.45. The van der Waals surface area contributed by atoms with Gasteiger partial charge in [0.2, 0.25) is 5.91 Å². The molecular formula is C19H18FN3O3S. The standard InChI is InChI=1S/C19H18FN3O3S/c20-14-7-9-15(10-8-14)21-19(24)13-4-3-11-23(12-13)18-16-5-1-2-6-17(16)27(25,26)22-18/h1-2,5-10,13H,3-4,11-12H2,(H,21,24)/t13-/m1/s1. The van der Waals surface area contributed by atoms with Crippen molar-refractivity contribution in [2.45, 2.75) is 17.7 Å². The Labute approximate surface area is 156 Å². The minimum absolute atomic E-state index is 0.166. The summed E-state index contributed by atoms with van der Waals surface area (Å²) in [6.45, 7) is 1.03. The van der Waals surface area contributed by atoms with Crippen molar-refractivity contribution in [3.63, 3.8) is 0 Å². The molecule has 8 heteroatoms. The average Bonchev–Trinajstić information content (AvgIpc) is 2.95. The van der Waals surface area contributed by atoms with Crippen LogP contribution in [0.4, 0.5) is 10.1 Å². The van der Waals surface area contributed by atoms with E-state index in [1.54, 1.807) is 24.3 Å². The van der Waals surface area contributed by atoms with Crippen LogP contribution in [0.15, 0.2) is 57.8 Å². The fourth-order valence-corrected chi connectivity index (χ4v) is 4.71. The Morgan fingerprint density at radius 2 is 1.89 bits per heavy atom. The van der Waals surface area contributed by atoms with Gasteiger partial charge in [-0.3, -0.25) is 4.79 Å². The highest BCUT2D eigenvalue weighted by molar-refractivity contribution is 7.90. The molecule has 4 rings (SSSR count). The van der Waals surface area contributed by atoms with Gasteiger partial charge in [-0.15, -0.1) is 4.40 Å². The predicted molar refractivity (Wildman–Crippen MR) is 99.5 cm³/mol. The molecule has 1 N–H and O–H groups in total. The molecule has 0 spiro atoms. The lowest BCUT2D eigenvalue weighted by Gasteiger charge is -2.33. The molecule has 1 amide bonds. The number of carbonyl (C=O) groups excluding carboxylic acids is 1. The van der Waals surface area contributed by atoms with Crippen molar-refractivity contribution in [2.24, 2.45) is 10.3 Å². The van der Waals surface area contributed by atoms with Crippen LogP contribution < -0.4 is 5.32 Å². The molecular weight excluding hydrogens is 369 g/mol. The highest BCUT2D eigenvalue weighted by Crippen LogP contribution is 2.30. The maximum atomic E-state index is 13.0. The molecule has 0 saturated carbocycles. The van der Waals surface area contributed by atoms with Crippen molar-refractivity contribution in [1.82, 2.24) is 4.90 Å². The second-order valence-electron chi connectivity index (χ2n) is 6.67. The van der Waals surface area contributed by atoms with Gasteiger partial charge in [0.05, 0.1) is 5.92 Å². The van der Waals surface area contributed by atoms with E-state index in [1.807, 2.05) is 4.90 Å². The van der Waals surface area contributed by atoms with E-state index < -0.39 is 10.0 Å². The minimum atomic E-state index is -3.68. The fraction of sp³-hybridized carbons (Fsp3) is 0.263. The van der Waals surface area contributed by atoms with Crippen molar-refractivity contribution in [1.29, 1.82) is 0 Å². The number of amides is 1. The van der Waals surface area contributed by atoms with Gasteiger partial charge >= 0.3 is 0 Å². The summed E-state index contributed by atoms with van der Waals surface area (Å²) in [5.41, 5.74) is 1.11. The van der Waals surface area contributed by atoms with Gasteiger partial charge in [0.25, 0.3) is 10.0 Å². The third-order valence-electron chi connectivity index (χ3n) is 4.82. The highest BCUT2D eigenvalue weighted by atomic mass is 32.2. The zero-order chi connectivity index (χ0) is 19.0. The van der Waals surface area contributed by atoms with Crippen LogP contribution in [0.1, 0.15) is 18.4 Å². The van der Waals surface area contributed by atoms with Crippen LogP contribution in [0.25, 0.3) is 0 Å². The number of halogens is 1. The van der Waals surface area contributed by atoms with Crippen molar-refractivity contribution in [3.05, 3.63) is 59.9 Å². The number of hydrogen-bond donors (Lipinski definition) is 1. The largest absolute Gasteiger partial charge is 0.355 e. The van der Waals surface area contributed by atoms with Crippen LogP contribution in [-0.4, -0.2) is 38.2 Å². The van der Waals surface area contributed by atoms with Gasteiger partial charge in [0.1, 0.15) is 10.7 Å². The number of amidine groups is 1. The lowest BCUT2D eigenvalue weighted by molar-refractivity contribution is -0.121. The second kappa shape index (κ2) is 6.77. The first-order chi connectivity index (χ1) is 12.9. The van der Waals surface area contributed by atoms with Gasteiger partial charge < -0.3 is 10.2 Å². The quantitative estimate of drug-likeness (QED) is 0.859. The Hall–Kier alpha value is -2.74. The van der Waals surface area contributed by atoms with E-state index in [0.29, 0.717) is 36.6 Å². The Morgan fingerprint density at radius 1 is 1.15 bits per heavy atom. The molecule has 0 aliphatic carbocycles. The van der Waals surface area contributed by atoms with E-state index in [-0.39, 0.29) is 22.5 Å². The summed E-state index contributed by atoms with van der Waals surface area (Å²) < 4.78 is 41.5. The SMILES string of the molecule is O=C(Nc1ccc(F)cc1)[C@@H]1CCCN(C2=NS(=O)(=O)c3ccccc32)C1. The van der Waals surface area contributed by atoms with Crippen LogP contribution in [0.3, 0.4) is 0 Å². The highest BCUT2D eigenvalue weighted by Gasteiger charge is 2.35. The van der Waals surface area contributed by atoms with Crippen molar-refractivity contribution in [2.75, 3.05) is 18.4 Å². The topological polar surface area (TPSA) is 78.8 Å². The number of hydrogen-bond acceptors (Lipinski definition) is 4. The Kier molecular flexibility index (Phi) is 4.43. The van der Waals surface area contributed by atoms with Crippen molar-refractivity contribution >= 4 is 27.5 Å². The summed E-state index contributed by atoms with van der Waals surface area (Å²) in [7, 11) is -3.68. The van der Waals surface area contributed by atoms with Gasteiger partial charge in [-0.05, 0) is 49.2 Å². The molecule has 140 valence electrons. The molecule has 2 aromatic rings. The monoisotopic (exact) mass is 387 g/mol. The molecule has 6 nitrogen and oxygen atoms in total. The van der Waals surface area contributed by atoms with E-state index in [4.69, 9.17) is 0 Å². The fourth-order valence-electron chi connectivity index (χ4n) is 3.48. The summed E-state index contributed by atoms with van der Waals surface area (Å²) in [5.74, 6) is -0.427. The molecule has 27 heavy (non-hydrogen) atoms. The number of piperidine rings is 1. The summed E-state index contributed by atoms with van der Waals surface area (Å²) in [6, 6.07) is 12.3. The third kappa shape index (κ3) is 3.44. The first kappa shape index (κ1) is 17.7. The van der Waals surface area contributed by atoms with Gasteiger partial charge in [0.15, 0.2) is 5.84 Å². The summed E-state index contributed by atoms with van der Waals surface area (Å²) >= 11 is 0. The summed E-state index contributed by atoms with van der Waals surface area (Å²) in [4.78, 5) is 14.7. The van der Waals surface area contributed by atoms with Crippen LogP contribution in [0, 0.1) is 11.7 Å². The van der Waals surface area contributed by atoms with Crippen LogP contribution >= 0.6 is 0 Å². The number of anilines is 1. The van der Waals surface area contributed by atoms with Crippen molar-refractivity contribution in [3.8, 4) is 0 Å².